The van der Waals surface area contributed by atoms with Crippen molar-refractivity contribution < 1.29 is 14.3 Å². The number of hydrogen-bond acceptors (Lipinski definition) is 3. The highest BCUT2D eigenvalue weighted by Gasteiger charge is 2.26. The van der Waals surface area contributed by atoms with E-state index in [9.17, 15) is 9.59 Å². The molecule has 2 aliphatic rings. The molecule has 1 N–H and O–H groups in total. The van der Waals surface area contributed by atoms with Crippen LogP contribution >= 0.6 is 0 Å². The van der Waals surface area contributed by atoms with Gasteiger partial charge in [-0.3, -0.25) is 9.59 Å². The first-order valence-electron chi connectivity index (χ1n) is 11.4. The summed E-state index contributed by atoms with van der Waals surface area (Å²) < 4.78 is 6.01. The second kappa shape index (κ2) is 9.54. The normalized spacial score (nSPS) is 18.7. The molecule has 31 heavy (non-hydrogen) atoms. The summed E-state index contributed by atoms with van der Waals surface area (Å²) >= 11 is 0. The van der Waals surface area contributed by atoms with E-state index < -0.39 is 0 Å². The quantitative estimate of drug-likeness (QED) is 0.710. The lowest BCUT2D eigenvalue weighted by Crippen LogP contribution is -2.41. The molecule has 1 aliphatic carbocycles. The molecule has 0 radical (unpaired) electrons. The number of nitrogens with one attached hydrogen (secondary N) is 1. The van der Waals surface area contributed by atoms with Gasteiger partial charge >= 0.3 is 0 Å². The molecule has 2 amide bonds. The highest BCUT2D eigenvalue weighted by Crippen LogP contribution is 2.23. The third-order valence-corrected chi connectivity index (χ3v) is 6.12. The molecular formula is C26H32N2O3. The van der Waals surface area contributed by atoms with Crippen LogP contribution in [0.5, 0.6) is 5.75 Å². The van der Waals surface area contributed by atoms with Crippen LogP contribution in [0.4, 0.5) is 0 Å². The van der Waals surface area contributed by atoms with E-state index in [0.29, 0.717) is 36.4 Å². The summed E-state index contributed by atoms with van der Waals surface area (Å²) in [6.45, 7) is 6.34. The lowest BCUT2D eigenvalue weighted by atomic mass is 9.97. The lowest BCUT2D eigenvalue weighted by molar-refractivity contribution is 0.0633. The summed E-state index contributed by atoms with van der Waals surface area (Å²) in [7, 11) is 0. The van der Waals surface area contributed by atoms with Gasteiger partial charge in [0.2, 0.25) is 0 Å². The smallest absolute Gasteiger partial charge is 0.253 e. The van der Waals surface area contributed by atoms with Crippen molar-refractivity contribution >= 4 is 11.8 Å². The summed E-state index contributed by atoms with van der Waals surface area (Å²) in [6.07, 6.45) is 4.16. The number of rotatable bonds is 7. The van der Waals surface area contributed by atoms with E-state index in [1.807, 2.05) is 35.2 Å². The Hall–Kier alpha value is -2.82. The van der Waals surface area contributed by atoms with Crippen molar-refractivity contribution in [1.29, 1.82) is 0 Å². The fourth-order valence-corrected chi connectivity index (χ4v) is 4.02. The number of hydrogen-bond donors (Lipinski definition) is 1. The number of carbonyl (C=O) groups is 2. The maximum Gasteiger partial charge on any atom is 0.253 e. The SMILES string of the molecule is CC(C)c1ccc(C(=O)N2CCC[C@@H](COc3cccc(C(=O)NC4CC4)c3)C2)cc1. The minimum Gasteiger partial charge on any atom is -0.493 e. The predicted octanol–water partition coefficient (Wildman–Crippen LogP) is 4.63. The number of amides is 2. The van der Waals surface area contributed by atoms with E-state index in [1.165, 1.54) is 5.56 Å². The van der Waals surface area contributed by atoms with Gasteiger partial charge in [0.05, 0.1) is 6.61 Å². The zero-order valence-corrected chi connectivity index (χ0v) is 18.5. The van der Waals surface area contributed by atoms with Crippen LogP contribution in [0.3, 0.4) is 0 Å². The second-order valence-electron chi connectivity index (χ2n) is 9.12. The molecule has 0 aromatic heterocycles. The number of carbonyl (C=O) groups excluding carboxylic acids is 2. The molecule has 164 valence electrons. The summed E-state index contributed by atoms with van der Waals surface area (Å²) in [4.78, 5) is 27.2. The standard InChI is InChI=1S/C26H32N2O3/c1-18(2)20-8-10-21(11-9-20)26(30)28-14-4-5-19(16-28)17-31-24-7-3-6-22(15-24)25(29)27-23-12-13-23/h3,6-11,15,18-19,23H,4-5,12-14,16-17H2,1-2H3,(H,27,29)/t19-/m1/s1. The second-order valence-corrected chi connectivity index (χ2v) is 9.12. The van der Waals surface area contributed by atoms with Crippen molar-refractivity contribution in [3.63, 3.8) is 0 Å². The first-order valence-corrected chi connectivity index (χ1v) is 11.4. The Bertz CT molecular complexity index is 919. The number of ether oxygens (including phenoxy) is 1. The van der Waals surface area contributed by atoms with Gasteiger partial charge in [-0.05, 0) is 67.5 Å². The minimum absolute atomic E-state index is 0.0362. The molecule has 1 saturated heterocycles. The van der Waals surface area contributed by atoms with E-state index in [4.69, 9.17) is 4.74 Å². The third kappa shape index (κ3) is 5.66. The summed E-state index contributed by atoms with van der Waals surface area (Å²) in [5, 5.41) is 3.01. The molecule has 0 unspecified atom stereocenters. The van der Waals surface area contributed by atoms with Gasteiger partial charge in [-0.2, -0.15) is 0 Å². The van der Waals surface area contributed by atoms with Crippen LogP contribution in [-0.4, -0.2) is 42.5 Å². The fraction of sp³-hybridized carbons (Fsp3) is 0.462. The largest absolute Gasteiger partial charge is 0.493 e. The minimum atomic E-state index is -0.0362. The van der Waals surface area contributed by atoms with E-state index in [2.05, 4.69) is 31.3 Å². The van der Waals surface area contributed by atoms with Crippen LogP contribution in [0.15, 0.2) is 48.5 Å². The number of likely N-dealkylation sites (tertiary alicyclic amines) is 1. The number of piperidine rings is 1. The monoisotopic (exact) mass is 420 g/mol. The van der Waals surface area contributed by atoms with Gasteiger partial charge in [0.25, 0.3) is 11.8 Å². The van der Waals surface area contributed by atoms with Crippen LogP contribution < -0.4 is 10.1 Å². The molecule has 2 aromatic rings. The van der Waals surface area contributed by atoms with Gasteiger partial charge < -0.3 is 15.0 Å². The molecule has 1 heterocycles. The predicted molar refractivity (Wildman–Crippen MR) is 122 cm³/mol. The molecule has 1 saturated carbocycles. The lowest BCUT2D eigenvalue weighted by Gasteiger charge is -2.32. The van der Waals surface area contributed by atoms with E-state index >= 15 is 0 Å². The van der Waals surface area contributed by atoms with Crippen molar-refractivity contribution in [2.45, 2.75) is 51.5 Å². The Labute approximate surface area is 184 Å². The first-order chi connectivity index (χ1) is 15.0. The molecule has 0 spiro atoms. The fourth-order valence-electron chi connectivity index (χ4n) is 4.02. The molecule has 2 fully saturated rings. The molecule has 1 atom stereocenters. The Balaban J connectivity index is 1.31. The average molecular weight is 421 g/mol. The molecule has 5 nitrogen and oxygen atoms in total. The molecule has 1 aliphatic heterocycles. The Morgan fingerprint density at radius 3 is 2.55 bits per heavy atom. The van der Waals surface area contributed by atoms with Gasteiger partial charge in [-0.15, -0.1) is 0 Å². The van der Waals surface area contributed by atoms with Crippen molar-refractivity contribution in [3.05, 3.63) is 65.2 Å². The van der Waals surface area contributed by atoms with Crippen LogP contribution in [0.2, 0.25) is 0 Å². The van der Waals surface area contributed by atoms with Crippen LogP contribution in [-0.2, 0) is 0 Å². The summed E-state index contributed by atoms with van der Waals surface area (Å²) in [5.74, 6) is 1.51. The van der Waals surface area contributed by atoms with Gasteiger partial charge in [0.1, 0.15) is 5.75 Å². The Morgan fingerprint density at radius 1 is 1.06 bits per heavy atom. The molecule has 0 bridgehead atoms. The van der Waals surface area contributed by atoms with E-state index in [1.54, 1.807) is 6.07 Å². The maximum atomic E-state index is 13.0. The van der Waals surface area contributed by atoms with Crippen molar-refractivity contribution in [2.24, 2.45) is 5.92 Å². The topological polar surface area (TPSA) is 58.6 Å². The molecular weight excluding hydrogens is 388 g/mol. The Morgan fingerprint density at radius 2 is 1.84 bits per heavy atom. The van der Waals surface area contributed by atoms with E-state index in [-0.39, 0.29) is 17.7 Å². The van der Waals surface area contributed by atoms with Crippen LogP contribution in [0.1, 0.15) is 71.7 Å². The molecule has 4 rings (SSSR count). The van der Waals surface area contributed by atoms with Crippen molar-refractivity contribution in [1.82, 2.24) is 10.2 Å². The first kappa shape index (κ1) is 21.4. The highest BCUT2D eigenvalue weighted by atomic mass is 16.5. The number of nitrogens with zero attached hydrogens (tertiary/aromatic N) is 1. The van der Waals surface area contributed by atoms with E-state index in [0.717, 1.165) is 37.8 Å². The van der Waals surface area contributed by atoms with Gasteiger partial charge in [-0.1, -0.05) is 32.0 Å². The summed E-state index contributed by atoms with van der Waals surface area (Å²) in [5.41, 5.74) is 2.63. The van der Waals surface area contributed by atoms with Crippen LogP contribution in [0.25, 0.3) is 0 Å². The molecule has 5 heteroatoms. The zero-order chi connectivity index (χ0) is 21.8. The Kier molecular flexibility index (Phi) is 6.59. The van der Waals surface area contributed by atoms with Crippen LogP contribution in [0, 0.1) is 5.92 Å². The maximum absolute atomic E-state index is 13.0. The van der Waals surface area contributed by atoms with Gasteiger partial charge in [0, 0.05) is 36.2 Å². The van der Waals surface area contributed by atoms with Gasteiger partial charge in [0.15, 0.2) is 0 Å². The van der Waals surface area contributed by atoms with Crippen molar-refractivity contribution in [3.8, 4) is 5.75 Å². The number of benzene rings is 2. The zero-order valence-electron chi connectivity index (χ0n) is 18.5. The van der Waals surface area contributed by atoms with Crippen molar-refractivity contribution in [2.75, 3.05) is 19.7 Å². The van der Waals surface area contributed by atoms with Gasteiger partial charge in [-0.25, -0.2) is 0 Å². The third-order valence-electron chi connectivity index (χ3n) is 6.12. The highest BCUT2D eigenvalue weighted by molar-refractivity contribution is 5.95. The summed E-state index contributed by atoms with van der Waals surface area (Å²) in [6, 6.07) is 15.7. The average Bonchev–Trinajstić information content (AvgIpc) is 3.61. The molecule has 2 aromatic carbocycles.